The molecule has 0 rings (SSSR count). The molecular weight excluding hydrogens is 663 g/mol. The van der Waals surface area contributed by atoms with E-state index in [1.807, 2.05) is 0 Å². The Bertz CT molecular complexity index is 890. The fourth-order valence-corrected chi connectivity index (χ4v) is 6.65. The minimum atomic E-state index is -4.28. The molecular formula is C42H79O8P. The number of hydrogen-bond donors (Lipinski definition) is 1. The number of unbranched alkanes of at least 4 members (excludes halogenated alkanes) is 23. The fraction of sp³-hybridized carbons (Fsp3) is 0.857. The first-order chi connectivity index (χ1) is 24.8. The third kappa shape index (κ3) is 38.1. The van der Waals surface area contributed by atoms with Gasteiger partial charge in [0.2, 0.25) is 0 Å². The van der Waals surface area contributed by atoms with Gasteiger partial charge in [0.25, 0.3) is 0 Å². The first kappa shape index (κ1) is 49.5. The number of esters is 2. The summed E-state index contributed by atoms with van der Waals surface area (Å²) in [4.78, 5) is 34.7. The highest BCUT2D eigenvalue weighted by Gasteiger charge is 2.25. The van der Waals surface area contributed by atoms with E-state index in [2.05, 4.69) is 38.2 Å². The molecule has 2 unspecified atom stereocenters. The summed E-state index contributed by atoms with van der Waals surface area (Å²) in [5, 5.41) is 0. The number of rotatable bonds is 39. The highest BCUT2D eigenvalue weighted by atomic mass is 31.2. The van der Waals surface area contributed by atoms with E-state index >= 15 is 0 Å². The van der Waals surface area contributed by atoms with Crippen LogP contribution in [0.1, 0.15) is 207 Å². The summed E-state index contributed by atoms with van der Waals surface area (Å²) in [6, 6.07) is 0. The molecule has 0 aliphatic rings. The lowest BCUT2D eigenvalue weighted by Crippen LogP contribution is -2.29. The predicted octanol–water partition coefficient (Wildman–Crippen LogP) is 13.1. The predicted molar refractivity (Wildman–Crippen MR) is 212 cm³/mol. The van der Waals surface area contributed by atoms with Crippen molar-refractivity contribution >= 4 is 19.8 Å². The molecule has 0 aromatic heterocycles. The number of allylic oxidation sites excluding steroid dienone is 4. The van der Waals surface area contributed by atoms with Crippen LogP contribution in [0.5, 0.6) is 0 Å². The van der Waals surface area contributed by atoms with E-state index in [9.17, 15) is 19.0 Å². The molecule has 0 aliphatic heterocycles. The third-order valence-corrected chi connectivity index (χ3v) is 10.1. The summed E-state index contributed by atoms with van der Waals surface area (Å²) in [6.45, 7) is 5.45. The Morgan fingerprint density at radius 3 is 1.43 bits per heavy atom. The van der Waals surface area contributed by atoms with Crippen molar-refractivity contribution < 1.29 is 37.6 Å². The van der Waals surface area contributed by atoms with Crippen LogP contribution in [0.4, 0.5) is 0 Å². The molecule has 2 atom stereocenters. The van der Waals surface area contributed by atoms with Gasteiger partial charge in [0, 0.05) is 12.8 Å². The van der Waals surface area contributed by atoms with Crippen molar-refractivity contribution in [1.82, 2.24) is 0 Å². The minimum Gasteiger partial charge on any atom is -0.462 e. The monoisotopic (exact) mass is 743 g/mol. The molecule has 0 spiro atoms. The van der Waals surface area contributed by atoms with Crippen LogP contribution >= 0.6 is 7.82 Å². The Hall–Kier alpha value is -1.47. The number of phosphoric ester groups is 1. The molecule has 9 heteroatoms. The second-order valence-corrected chi connectivity index (χ2v) is 15.5. The van der Waals surface area contributed by atoms with E-state index in [4.69, 9.17) is 18.5 Å². The smallest absolute Gasteiger partial charge is 0.462 e. The van der Waals surface area contributed by atoms with Crippen molar-refractivity contribution in [2.45, 2.75) is 213 Å². The van der Waals surface area contributed by atoms with E-state index in [1.54, 1.807) is 6.92 Å². The van der Waals surface area contributed by atoms with Crippen LogP contribution in [-0.4, -0.2) is 42.8 Å². The Kier molecular flexibility index (Phi) is 37.2. The van der Waals surface area contributed by atoms with Crippen LogP contribution in [0.15, 0.2) is 24.3 Å². The van der Waals surface area contributed by atoms with Crippen LogP contribution < -0.4 is 0 Å². The topological polar surface area (TPSA) is 108 Å². The SMILES string of the molecule is CCCCC/C=C\C/C=C\CCCCCCCC(=O)OC(COC(=O)CCCCCCCCCCCCCCCCCC)COP(=O)(O)OCC. The number of carbonyl (C=O) groups is 2. The molecule has 0 aliphatic carbocycles. The van der Waals surface area contributed by atoms with Gasteiger partial charge in [0.05, 0.1) is 13.2 Å². The quantitative estimate of drug-likeness (QED) is 0.0287. The lowest BCUT2D eigenvalue weighted by atomic mass is 10.0. The van der Waals surface area contributed by atoms with E-state index in [-0.39, 0.29) is 25.6 Å². The molecule has 0 radical (unpaired) electrons. The average molecular weight is 743 g/mol. The molecule has 0 bridgehead atoms. The lowest BCUT2D eigenvalue weighted by molar-refractivity contribution is -0.161. The zero-order chi connectivity index (χ0) is 37.5. The summed E-state index contributed by atoms with van der Waals surface area (Å²) in [5.41, 5.74) is 0. The number of hydrogen-bond acceptors (Lipinski definition) is 7. The van der Waals surface area contributed by atoms with Crippen LogP contribution in [0.2, 0.25) is 0 Å². The van der Waals surface area contributed by atoms with Gasteiger partial charge in [-0.2, -0.15) is 0 Å². The highest BCUT2D eigenvalue weighted by Crippen LogP contribution is 2.43. The van der Waals surface area contributed by atoms with Crippen molar-refractivity contribution in [1.29, 1.82) is 0 Å². The van der Waals surface area contributed by atoms with Gasteiger partial charge in [-0.05, 0) is 51.9 Å². The summed E-state index contributed by atoms with van der Waals surface area (Å²) in [7, 11) is -4.28. The minimum absolute atomic E-state index is 0.000643. The highest BCUT2D eigenvalue weighted by molar-refractivity contribution is 7.47. The first-order valence-electron chi connectivity index (χ1n) is 21.1. The summed E-state index contributed by atoms with van der Waals surface area (Å²) < 4.78 is 32.6. The molecule has 0 aromatic carbocycles. The van der Waals surface area contributed by atoms with Crippen molar-refractivity contribution in [2.75, 3.05) is 19.8 Å². The molecule has 0 amide bonds. The van der Waals surface area contributed by atoms with E-state index in [0.29, 0.717) is 12.8 Å². The van der Waals surface area contributed by atoms with Gasteiger partial charge in [0.1, 0.15) is 6.61 Å². The molecule has 0 heterocycles. The van der Waals surface area contributed by atoms with E-state index < -0.39 is 26.5 Å². The van der Waals surface area contributed by atoms with Crippen molar-refractivity contribution in [3.63, 3.8) is 0 Å². The molecule has 1 N–H and O–H groups in total. The second-order valence-electron chi connectivity index (χ2n) is 14.0. The molecule has 0 aromatic rings. The summed E-state index contributed by atoms with van der Waals surface area (Å²) >= 11 is 0. The maximum atomic E-state index is 12.5. The largest absolute Gasteiger partial charge is 0.472 e. The summed E-state index contributed by atoms with van der Waals surface area (Å²) in [5.74, 6) is -0.806. The maximum absolute atomic E-state index is 12.5. The number of ether oxygens (including phenoxy) is 2. The first-order valence-corrected chi connectivity index (χ1v) is 22.6. The normalized spacial score (nSPS) is 13.6. The molecule has 300 valence electrons. The Labute approximate surface area is 313 Å². The van der Waals surface area contributed by atoms with Crippen LogP contribution in [-0.2, 0) is 32.7 Å². The molecule has 0 saturated heterocycles. The molecule has 51 heavy (non-hydrogen) atoms. The van der Waals surface area contributed by atoms with Gasteiger partial charge in [-0.15, -0.1) is 0 Å². The molecule has 0 saturated carbocycles. The van der Waals surface area contributed by atoms with Gasteiger partial charge >= 0.3 is 19.8 Å². The standard InChI is InChI=1S/C42H79O8P/c1-4-7-9-11-13-15-17-19-21-23-24-26-28-30-32-34-36-41(43)47-38-40(39-49-51(45,46)48-6-3)50-42(44)37-35-33-31-29-27-25-22-20-18-16-14-12-10-8-5-2/h14,16,20,22,40H,4-13,15,17-19,21,23-39H2,1-3H3,(H,45,46)/b16-14-,22-20-. The van der Waals surface area contributed by atoms with Crippen LogP contribution in [0, 0.1) is 0 Å². The average Bonchev–Trinajstić information content (AvgIpc) is 3.10. The van der Waals surface area contributed by atoms with Gasteiger partial charge in [0.15, 0.2) is 6.10 Å². The fourth-order valence-electron chi connectivity index (χ4n) is 5.89. The third-order valence-electron chi connectivity index (χ3n) is 9.01. The number of carbonyl (C=O) groups excluding carboxylic acids is 2. The molecule has 0 fully saturated rings. The van der Waals surface area contributed by atoms with Crippen LogP contribution in [0.25, 0.3) is 0 Å². The van der Waals surface area contributed by atoms with Gasteiger partial charge < -0.3 is 14.4 Å². The van der Waals surface area contributed by atoms with Crippen molar-refractivity contribution in [3.8, 4) is 0 Å². The zero-order valence-electron chi connectivity index (χ0n) is 33.3. The Balaban J connectivity index is 4.09. The lowest BCUT2D eigenvalue weighted by Gasteiger charge is -2.19. The molecule has 8 nitrogen and oxygen atoms in total. The number of phosphoric acid groups is 1. The van der Waals surface area contributed by atoms with E-state index in [1.165, 1.54) is 109 Å². The van der Waals surface area contributed by atoms with Gasteiger partial charge in [-0.1, -0.05) is 167 Å². The Morgan fingerprint density at radius 2 is 0.941 bits per heavy atom. The summed E-state index contributed by atoms with van der Waals surface area (Å²) in [6.07, 6.45) is 40.8. The van der Waals surface area contributed by atoms with Crippen molar-refractivity contribution in [2.24, 2.45) is 0 Å². The maximum Gasteiger partial charge on any atom is 0.472 e. The van der Waals surface area contributed by atoms with Gasteiger partial charge in [-0.25, -0.2) is 4.57 Å². The zero-order valence-corrected chi connectivity index (χ0v) is 34.2. The van der Waals surface area contributed by atoms with Gasteiger partial charge in [-0.3, -0.25) is 18.6 Å². The van der Waals surface area contributed by atoms with E-state index in [0.717, 1.165) is 57.8 Å². The van der Waals surface area contributed by atoms with Crippen molar-refractivity contribution in [3.05, 3.63) is 24.3 Å². The Morgan fingerprint density at radius 1 is 0.529 bits per heavy atom. The van der Waals surface area contributed by atoms with Crippen LogP contribution in [0.3, 0.4) is 0 Å². The second kappa shape index (κ2) is 38.3.